The number of pyridine rings is 1. The molecule has 2 aromatic rings. The van der Waals surface area contributed by atoms with E-state index in [9.17, 15) is 4.79 Å². The van der Waals surface area contributed by atoms with Crippen LogP contribution in [0.1, 0.15) is 17.5 Å². The molecule has 0 saturated heterocycles. The Morgan fingerprint density at radius 2 is 1.95 bits per heavy atom. The summed E-state index contributed by atoms with van der Waals surface area (Å²) in [5.41, 5.74) is 2.15. The summed E-state index contributed by atoms with van der Waals surface area (Å²) in [7, 11) is 1.62. The van der Waals surface area contributed by atoms with Gasteiger partial charge >= 0.3 is 0 Å². The number of ether oxygens (including phenoxy) is 1. The molecular formula is C17H20N2O2. The molecule has 1 N–H and O–H groups in total. The van der Waals surface area contributed by atoms with E-state index in [1.807, 2.05) is 36.4 Å². The topological polar surface area (TPSA) is 51.2 Å². The van der Waals surface area contributed by atoms with Crippen LogP contribution in [0.25, 0.3) is 0 Å². The lowest BCUT2D eigenvalue weighted by atomic mass is 10.1. The molecule has 4 nitrogen and oxygen atoms in total. The first-order valence-corrected chi connectivity index (χ1v) is 7.07. The summed E-state index contributed by atoms with van der Waals surface area (Å²) in [5, 5.41) is 2.94. The van der Waals surface area contributed by atoms with Crippen LogP contribution in [0, 0.1) is 0 Å². The molecule has 0 aliphatic rings. The number of hydrogen-bond acceptors (Lipinski definition) is 3. The van der Waals surface area contributed by atoms with E-state index in [1.165, 1.54) is 5.56 Å². The molecule has 1 aromatic carbocycles. The van der Waals surface area contributed by atoms with Gasteiger partial charge in [0.05, 0.1) is 13.5 Å². The fraction of sp³-hybridized carbons (Fsp3) is 0.294. The van der Waals surface area contributed by atoms with Crippen LogP contribution < -0.4 is 10.1 Å². The minimum Gasteiger partial charge on any atom is -0.496 e. The average Bonchev–Trinajstić information content (AvgIpc) is 2.53. The van der Waals surface area contributed by atoms with E-state index in [2.05, 4.69) is 10.3 Å². The number of rotatable bonds is 7. The lowest BCUT2D eigenvalue weighted by Gasteiger charge is -2.09. The summed E-state index contributed by atoms with van der Waals surface area (Å²) >= 11 is 0. The van der Waals surface area contributed by atoms with Crippen molar-refractivity contribution < 1.29 is 9.53 Å². The Bertz CT molecular complexity index is 570. The number of methoxy groups -OCH3 is 1. The van der Waals surface area contributed by atoms with Crippen LogP contribution in [0.5, 0.6) is 5.75 Å². The van der Waals surface area contributed by atoms with E-state index in [4.69, 9.17) is 4.74 Å². The number of amides is 1. The predicted molar refractivity (Wildman–Crippen MR) is 82.3 cm³/mol. The zero-order valence-corrected chi connectivity index (χ0v) is 12.2. The first-order chi connectivity index (χ1) is 10.3. The van der Waals surface area contributed by atoms with Crippen molar-refractivity contribution in [3.8, 4) is 5.75 Å². The van der Waals surface area contributed by atoms with Gasteiger partial charge in [-0.1, -0.05) is 18.2 Å². The Hall–Kier alpha value is -2.36. The summed E-state index contributed by atoms with van der Waals surface area (Å²) < 4.78 is 5.24. The van der Waals surface area contributed by atoms with Crippen LogP contribution in [0.2, 0.25) is 0 Å². The smallest absolute Gasteiger partial charge is 0.224 e. The molecule has 0 radical (unpaired) electrons. The third kappa shape index (κ3) is 4.91. The first kappa shape index (κ1) is 15.0. The van der Waals surface area contributed by atoms with Gasteiger partial charge in [0.2, 0.25) is 5.91 Å². The molecule has 0 aliphatic carbocycles. The number of carbonyl (C=O) groups excluding carboxylic acids is 1. The SMILES string of the molecule is COc1ccccc1CC(=O)NCCCc1ccncc1. The standard InChI is InChI=1S/C17H20N2O2/c1-21-16-7-3-2-6-15(16)13-17(20)19-10-4-5-14-8-11-18-12-9-14/h2-3,6-9,11-12H,4-5,10,13H2,1H3,(H,19,20). The Labute approximate surface area is 125 Å². The first-order valence-electron chi connectivity index (χ1n) is 7.07. The van der Waals surface area contributed by atoms with Crippen LogP contribution in [-0.4, -0.2) is 24.5 Å². The van der Waals surface area contributed by atoms with Crippen molar-refractivity contribution in [3.05, 3.63) is 59.9 Å². The average molecular weight is 284 g/mol. The summed E-state index contributed by atoms with van der Waals surface area (Å²) in [6.45, 7) is 0.677. The fourth-order valence-corrected chi connectivity index (χ4v) is 2.15. The summed E-state index contributed by atoms with van der Waals surface area (Å²) in [5.74, 6) is 0.777. The third-order valence-electron chi connectivity index (χ3n) is 3.26. The zero-order chi connectivity index (χ0) is 14.9. The summed E-state index contributed by atoms with van der Waals surface area (Å²) in [4.78, 5) is 15.9. The summed E-state index contributed by atoms with van der Waals surface area (Å²) in [6, 6.07) is 11.6. The van der Waals surface area contributed by atoms with Crippen molar-refractivity contribution in [2.24, 2.45) is 0 Å². The lowest BCUT2D eigenvalue weighted by Crippen LogP contribution is -2.26. The lowest BCUT2D eigenvalue weighted by molar-refractivity contribution is -0.120. The van der Waals surface area contributed by atoms with Crippen LogP contribution in [0.3, 0.4) is 0 Å². The molecular weight excluding hydrogens is 264 g/mol. The van der Waals surface area contributed by atoms with Gasteiger partial charge in [0.25, 0.3) is 0 Å². The molecule has 0 saturated carbocycles. The van der Waals surface area contributed by atoms with Gasteiger partial charge in [0.15, 0.2) is 0 Å². The van der Waals surface area contributed by atoms with E-state index >= 15 is 0 Å². The minimum atomic E-state index is 0.0224. The highest BCUT2D eigenvalue weighted by molar-refractivity contribution is 5.79. The number of nitrogens with zero attached hydrogens (tertiary/aromatic N) is 1. The van der Waals surface area contributed by atoms with Crippen LogP contribution in [0.15, 0.2) is 48.8 Å². The largest absolute Gasteiger partial charge is 0.496 e. The van der Waals surface area contributed by atoms with Crippen molar-refractivity contribution in [3.63, 3.8) is 0 Å². The van der Waals surface area contributed by atoms with E-state index in [0.717, 1.165) is 24.2 Å². The Kier molecular flexibility index (Phi) is 5.76. The van der Waals surface area contributed by atoms with Gasteiger partial charge in [-0.25, -0.2) is 0 Å². The van der Waals surface area contributed by atoms with Crippen LogP contribution >= 0.6 is 0 Å². The molecule has 0 fully saturated rings. The molecule has 0 bridgehead atoms. The zero-order valence-electron chi connectivity index (χ0n) is 12.2. The Balaban J connectivity index is 1.72. The Morgan fingerprint density at radius 1 is 1.19 bits per heavy atom. The number of nitrogens with one attached hydrogen (secondary N) is 1. The van der Waals surface area contributed by atoms with E-state index in [-0.39, 0.29) is 5.91 Å². The molecule has 21 heavy (non-hydrogen) atoms. The van der Waals surface area contributed by atoms with Gasteiger partial charge in [-0.2, -0.15) is 0 Å². The monoisotopic (exact) mass is 284 g/mol. The Morgan fingerprint density at radius 3 is 2.71 bits per heavy atom. The van der Waals surface area contributed by atoms with Crippen molar-refractivity contribution >= 4 is 5.91 Å². The number of aromatic nitrogens is 1. The number of benzene rings is 1. The number of para-hydroxylation sites is 1. The van der Waals surface area contributed by atoms with E-state index < -0.39 is 0 Å². The normalized spacial score (nSPS) is 10.1. The van der Waals surface area contributed by atoms with Gasteiger partial charge in [-0.05, 0) is 36.6 Å². The number of hydrogen-bond donors (Lipinski definition) is 1. The molecule has 110 valence electrons. The maximum absolute atomic E-state index is 11.9. The van der Waals surface area contributed by atoms with Gasteiger partial charge in [0, 0.05) is 24.5 Å². The second kappa shape index (κ2) is 8.04. The quantitative estimate of drug-likeness (QED) is 0.794. The van der Waals surface area contributed by atoms with Crippen LogP contribution in [-0.2, 0) is 17.6 Å². The molecule has 2 rings (SSSR count). The van der Waals surface area contributed by atoms with E-state index in [1.54, 1.807) is 19.5 Å². The van der Waals surface area contributed by atoms with Crippen molar-refractivity contribution in [1.29, 1.82) is 0 Å². The minimum absolute atomic E-state index is 0.0224. The van der Waals surface area contributed by atoms with Crippen LogP contribution in [0.4, 0.5) is 0 Å². The molecule has 1 heterocycles. The van der Waals surface area contributed by atoms with Gasteiger partial charge < -0.3 is 10.1 Å². The van der Waals surface area contributed by atoms with Gasteiger partial charge in [0.1, 0.15) is 5.75 Å². The number of carbonyl (C=O) groups is 1. The molecule has 0 aliphatic heterocycles. The molecule has 1 aromatic heterocycles. The molecule has 0 spiro atoms. The number of aryl methyl sites for hydroxylation is 1. The second-order valence-corrected chi connectivity index (χ2v) is 4.80. The van der Waals surface area contributed by atoms with Gasteiger partial charge in [-0.3, -0.25) is 9.78 Å². The summed E-state index contributed by atoms with van der Waals surface area (Å²) in [6.07, 6.45) is 5.78. The van der Waals surface area contributed by atoms with Gasteiger partial charge in [-0.15, -0.1) is 0 Å². The predicted octanol–water partition coefficient (Wildman–Crippen LogP) is 2.38. The van der Waals surface area contributed by atoms with Crippen molar-refractivity contribution in [2.75, 3.05) is 13.7 Å². The maximum Gasteiger partial charge on any atom is 0.224 e. The highest BCUT2D eigenvalue weighted by Crippen LogP contribution is 2.17. The van der Waals surface area contributed by atoms with E-state index in [0.29, 0.717) is 13.0 Å². The molecule has 0 unspecified atom stereocenters. The second-order valence-electron chi connectivity index (χ2n) is 4.80. The highest BCUT2D eigenvalue weighted by atomic mass is 16.5. The van der Waals surface area contributed by atoms with Crippen molar-refractivity contribution in [1.82, 2.24) is 10.3 Å². The molecule has 1 amide bonds. The fourth-order valence-electron chi connectivity index (χ4n) is 2.15. The van der Waals surface area contributed by atoms with Crippen molar-refractivity contribution in [2.45, 2.75) is 19.3 Å². The maximum atomic E-state index is 11.9. The third-order valence-corrected chi connectivity index (χ3v) is 3.26. The highest BCUT2D eigenvalue weighted by Gasteiger charge is 2.07. The molecule has 4 heteroatoms. The molecule has 0 atom stereocenters.